The number of rotatable bonds is 4. The minimum absolute atomic E-state index is 0.118. The molecule has 0 aromatic heterocycles. The number of nitrogens with one attached hydrogen (secondary N) is 1. The summed E-state index contributed by atoms with van der Waals surface area (Å²) < 4.78 is 18.0. The van der Waals surface area contributed by atoms with E-state index in [9.17, 15) is 14.0 Å². The molecule has 1 saturated heterocycles. The van der Waals surface area contributed by atoms with Gasteiger partial charge in [-0.25, -0.2) is 4.39 Å². The maximum Gasteiger partial charge on any atom is 0.311 e. The van der Waals surface area contributed by atoms with Crippen molar-refractivity contribution in [2.24, 2.45) is 5.92 Å². The molecule has 1 aromatic rings. The highest BCUT2D eigenvalue weighted by Crippen LogP contribution is 2.31. The number of hydrogen-bond acceptors (Lipinski definition) is 3. The maximum absolute atomic E-state index is 13.0. The Morgan fingerprint density at radius 3 is 2.80 bits per heavy atom. The molecule has 0 spiro atoms. The van der Waals surface area contributed by atoms with Crippen molar-refractivity contribution in [3.05, 3.63) is 48.3 Å². The molecular weight excluding hydrogens is 261 g/mol. The number of esters is 1. The fourth-order valence-corrected chi connectivity index (χ4v) is 2.34. The smallest absolute Gasteiger partial charge is 0.311 e. The highest BCUT2D eigenvalue weighted by molar-refractivity contribution is 5.83. The van der Waals surface area contributed by atoms with Gasteiger partial charge in [-0.3, -0.25) is 9.59 Å². The van der Waals surface area contributed by atoms with Crippen LogP contribution in [0.4, 0.5) is 4.39 Å². The van der Waals surface area contributed by atoms with E-state index >= 15 is 0 Å². The third-order valence-electron chi connectivity index (χ3n) is 3.35. The van der Waals surface area contributed by atoms with Gasteiger partial charge < -0.3 is 10.1 Å². The molecule has 106 valence electrons. The van der Waals surface area contributed by atoms with Crippen molar-refractivity contribution in [1.82, 2.24) is 5.32 Å². The lowest BCUT2D eigenvalue weighted by Crippen LogP contribution is -2.43. The molecule has 1 fully saturated rings. The number of carbonyl (C=O) groups is 2. The summed E-state index contributed by atoms with van der Waals surface area (Å²) in [6.07, 6.45) is 1.69. The second-order valence-electron chi connectivity index (χ2n) is 4.69. The first-order valence-electron chi connectivity index (χ1n) is 6.41. The van der Waals surface area contributed by atoms with Gasteiger partial charge in [-0.15, -0.1) is 0 Å². The van der Waals surface area contributed by atoms with Gasteiger partial charge in [0.05, 0.1) is 5.92 Å². The van der Waals surface area contributed by atoms with Gasteiger partial charge in [0.1, 0.15) is 12.4 Å². The molecule has 1 N–H and O–H groups in total. The Morgan fingerprint density at radius 1 is 1.45 bits per heavy atom. The van der Waals surface area contributed by atoms with Crippen LogP contribution in [-0.4, -0.2) is 25.0 Å². The molecular formula is C15H16FNO3. The van der Waals surface area contributed by atoms with Crippen LogP contribution in [0.5, 0.6) is 0 Å². The molecule has 1 amide bonds. The van der Waals surface area contributed by atoms with Crippen molar-refractivity contribution >= 4 is 11.9 Å². The van der Waals surface area contributed by atoms with Crippen LogP contribution < -0.4 is 5.32 Å². The average Bonchev–Trinajstić information content (AvgIpc) is 2.45. The van der Waals surface area contributed by atoms with Crippen molar-refractivity contribution in [3.63, 3.8) is 0 Å². The molecule has 2 unspecified atom stereocenters. The van der Waals surface area contributed by atoms with Crippen LogP contribution in [-0.2, 0) is 14.3 Å². The summed E-state index contributed by atoms with van der Waals surface area (Å²) in [5.74, 6) is -1.59. The molecule has 0 saturated carbocycles. The Bertz CT molecular complexity index is 512. The zero-order chi connectivity index (χ0) is 14.5. The van der Waals surface area contributed by atoms with Gasteiger partial charge in [0.25, 0.3) is 0 Å². The quantitative estimate of drug-likeness (QED) is 0.674. The Hall–Kier alpha value is -2.17. The van der Waals surface area contributed by atoms with Crippen molar-refractivity contribution < 1.29 is 18.7 Å². The summed E-state index contributed by atoms with van der Waals surface area (Å²) in [5.41, 5.74) is 0.766. The third-order valence-corrected chi connectivity index (χ3v) is 3.35. The van der Waals surface area contributed by atoms with Gasteiger partial charge in [-0.2, -0.15) is 0 Å². The van der Waals surface area contributed by atoms with E-state index in [1.807, 2.05) is 0 Å². The van der Waals surface area contributed by atoms with Crippen molar-refractivity contribution in [1.29, 1.82) is 0 Å². The Labute approximate surface area is 116 Å². The molecule has 0 aliphatic carbocycles. The van der Waals surface area contributed by atoms with E-state index in [1.54, 1.807) is 12.1 Å². The predicted molar refractivity (Wildman–Crippen MR) is 71.4 cm³/mol. The fourth-order valence-electron chi connectivity index (χ4n) is 2.34. The van der Waals surface area contributed by atoms with Crippen LogP contribution in [0, 0.1) is 11.7 Å². The first-order valence-corrected chi connectivity index (χ1v) is 6.41. The summed E-state index contributed by atoms with van der Waals surface area (Å²) in [6, 6.07) is 5.86. The molecule has 2 atom stereocenters. The van der Waals surface area contributed by atoms with Crippen molar-refractivity contribution in [2.45, 2.75) is 12.3 Å². The highest BCUT2D eigenvalue weighted by Gasteiger charge is 2.36. The molecule has 0 bridgehead atoms. The zero-order valence-corrected chi connectivity index (χ0v) is 11.0. The summed E-state index contributed by atoms with van der Waals surface area (Å²) >= 11 is 0. The van der Waals surface area contributed by atoms with E-state index in [1.165, 1.54) is 18.2 Å². The summed E-state index contributed by atoms with van der Waals surface area (Å²) in [7, 11) is 0. The Balaban J connectivity index is 2.19. The molecule has 1 aliphatic heterocycles. The molecule has 0 radical (unpaired) electrons. The van der Waals surface area contributed by atoms with Gasteiger partial charge in [-0.05, 0) is 17.7 Å². The first kappa shape index (κ1) is 14.2. The van der Waals surface area contributed by atoms with E-state index in [0.717, 1.165) is 5.56 Å². The van der Waals surface area contributed by atoms with E-state index in [0.29, 0.717) is 0 Å². The van der Waals surface area contributed by atoms with Gasteiger partial charge >= 0.3 is 5.97 Å². The van der Waals surface area contributed by atoms with Gasteiger partial charge in [-0.1, -0.05) is 24.8 Å². The normalized spacial score (nSPS) is 21.9. The standard InChI is InChI=1S/C15H16FNO3/c1-2-7-20-15(19)13-9-17-14(18)8-12(13)10-3-5-11(16)6-4-10/h2-6,12-13H,1,7-9H2,(H,17,18). The van der Waals surface area contributed by atoms with E-state index in [4.69, 9.17) is 4.74 Å². The maximum atomic E-state index is 13.0. The van der Waals surface area contributed by atoms with E-state index in [2.05, 4.69) is 11.9 Å². The number of halogens is 1. The summed E-state index contributed by atoms with van der Waals surface area (Å²) in [4.78, 5) is 23.6. The van der Waals surface area contributed by atoms with Crippen LogP contribution in [0.15, 0.2) is 36.9 Å². The van der Waals surface area contributed by atoms with Crippen LogP contribution >= 0.6 is 0 Å². The molecule has 1 heterocycles. The van der Waals surface area contributed by atoms with Crippen molar-refractivity contribution in [3.8, 4) is 0 Å². The second-order valence-corrected chi connectivity index (χ2v) is 4.69. The lowest BCUT2D eigenvalue weighted by atomic mass is 9.81. The molecule has 20 heavy (non-hydrogen) atoms. The third kappa shape index (κ3) is 3.23. The van der Waals surface area contributed by atoms with Gasteiger partial charge in [0, 0.05) is 18.9 Å². The van der Waals surface area contributed by atoms with Crippen LogP contribution in [0.1, 0.15) is 17.9 Å². The Kier molecular flexibility index (Phi) is 4.50. The number of benzene rings is 1. The number of piperidine rings is 1. The lowest BCUT2D eigenvalue weighted by Gasteiger charge is -2.30. The molecule has 1 aliphatic rings. The minimum atomic E-state index is -0.460. The largest absolute Gasteiger partial charge is 0.461 e. The monoisotopic (exact) mass is 277 g/mol. The summed E-state index contributed by atoms with van der Waals surface area (Å²) in [6.45, 7) is 3.86. The number of carbonyl (C=O) groups excluding carboxylic acids is 2. The van der Waals surface area contributed by atoms with Crippen molar-refractivity contribution in [2.75, 3.05) is 13.2 Å². The van der Waals surface area contributed by atoms with Gasteiger partial charge in [0.15, 0.2) is 0 Å². The number of amides is 1. The first-order chi connectivity index (χ1) is 9.61. The van der Waals surface area contributed by atoms with Gasteiger partial charge in [0.2, 0.25) is 5.91 Å². The number of ether oxygens (including phenoxy) is 1. The average molecular weight is 277 g/mol. The molecule has 2 rings (SSSR count). The van der Waals surface area contributed by atoms with E-state index < -0.39 is 5.92 Å². The summed E-state index contributed by atoms with van der Waals surface area (Å²) in [5, 5.41) is 2.66. The zero-order valence-electron chi connectivity index (χ0n) is 11.0. The van der Waals surface area contributed by atoms with Crippen LogP contribution in [0.2, 0.25) is 0 Å². The van der Waals surface area contributed by atoms with Crippen LogP contribution in [0.25, 0.3) is 0 Å². The van der Waals surface area contributed by atoms with E-state index in [-0.39, 0.29) is 43.2 Å². The topological polar surface area (TPSA) is 55.4 Å². The lowest BCUT2D eigenvalue weighted by molar-refractivity contribution is -0.149. The highest BCUT2D eigenvalue weighted by atomic mass is 19.1. The fraction of sp³-hybridized carbons (Fsp3) is 0.333. The second kappa shape index (κ2) is 6.32. The molecule has 5 heteroatoms. The molecule has 1 aromatic carbocycles. The molecule has 4 nitrogen and oxygen atoms in total. The Morgan fingerprint density at radius 2 is 2.15 bits per heavy atom. The number of hydrogen-bond donors (Lipinski definition) is 1. The minimum Gasteiger partial charge on any atom is -0.461 e. The SMILES string of the molecule is C=CCOC(=O)C1CNC(=O)CC1c1ccc(F)cc1. The predicted octanol–water partition coefficient (Wildman–Crippen LogP) is 1.77. The van der Waals surface area contributed by atoms with Crippen LogP contribution in [0.3, 0.4) is 0 Å².